The van der Waals surface area contributed by atoms with E-state index in [1.54, 1.807) is 14.1 Å². The van der Waals surface area contributed by atoms with E-state index in [0.717, 1.165) is 18.3 Å². The zero-order valence-corrected chi connectivity index (χ0v) is 13.4. The standard InChI is InChI=1S/C17H13F4N3O/c1-23(2)15(25)8-24-7-13(20)17-14(24)5-10(6-22-17)9-3-11(18)16(21)12(19)4-9/h3-7H,8H2,1-2H3. The maximum absolute atomic E-state index is 14.0. The van der Waals surface area contributed by atoms with E-state index < -0.39 is 23.3 Å². The number of aromatic nitrogens is 2. The average molecular weight is 351 g/mol. The number of rotatable bonds is 3. The molecule has 0 unspecified atom stereocenters. The summed E-state index contributed by atoms with van der Waals surface area (Å²) in [6, 6.07) is 3.10. The van der Waals surface area contributed by atoms with Crippen molar-refractivity contribution in [3.63, 3.8) is 0 Å². The Kier molecular flexibility index (Phi) is 4.20. The lowest BCUT2D eigenvalue weighted by Gasteiger charge is -2.11. The minimum absolute atomic E-state index is 0.0263. The van der Waals surface area contributed by atoms with Crippen LogP contribution in [0.3, 0.4) is 0 Å². The zero-order chi connectivity index (χ0) is 18.3. The Labute approximate surface area is 140 Å². The smallest absolute Gasteiger partial charge is 0.241 e. The fraction of sp³-hybridized carbons (Fsp3) is 0.176. The summed E-state index contributed by atoms with van der Waals surface area (Å²) >= 11 is 0. The first-order valence-corrected chi connectivity index (χ1v) is 7.27. The predicted molar refractivity (Wildman–Crippen MR) is 83.7 cm³/mol. The Bertz CT molecular complexity index is 958. The highest BCUT2D eigenvalue weighted by atomic mass is 19.2. The maximum Gasteiger partial charge on any atom is 0.241 e. The van der Waals surface area contributed by atoms with E-state index in [9.17, 15) is 22.4 Å². The van der Waals surface area contributed by atoms with E-state index in [0.29, 0.717) is 0 Å². The molecule has 0 aliphatic rings. The molecule has 25 heavy (non-hydrogen) atoms. The van der Waals surface area contributed by atoms with Crippen molar-refractivity contribution < 1.29 is 22.4 Å². The molecule has 0 N–H and O–H groups in total. The summed E-state index contributed by atoms with van der Waals surface area (Å²) in [4.78, 5) is 17.2. The van der Waals surface area contributed by atoms with Crippen molar-refractivity contribution in [1.82, 2.24) is 14.5 Å². The van der Waals surface area contributed by atoms with E-state index in [1.807, 2.05) is 0 Å². The third-order valence-electron chi connectivity index (χ3n) is 3.79. The van der Waals surface area contributed by atoms with Crippen molar-refractivity contribution in [1.29, 1.82) is 0 Å². The fourth-order valence-corrected chi connectivity index (χ4v) is 2.42. The third kappa shape index (κ3) is 3.07. The van der Waals surface area contributed by atoms with Crippen LogP contribution in [-0.4, -0.2) is 34.5 Å². The summed E-state index contributed by atoms with van der Waals surface area (Å²) in [6.45, 7) is -0.120. The van der Waals surface area contributed by atoms with Crippen molar-refractivity contribution in [2.24, 2.45) is 0 Å². The molecule has 4 nitrogen and oxygen atoms in total. The molecule has 0 bridgehead atoms. The largest absolute Gasteiger partial charge is 0.347 e. The van der Waals surface area contributed by atoms with Crippen LogP contribution in [0.5, 0.6) is 0 Å². The van der Waals surface area contributed by atoms with Gasteiger partial charge in [0.1, 0.15) is 12.1 Å². The number of pyridine rings is 1. The molecule has 0 radical (unpaired) electrons. The monoisotopic (exact) mass is 351 g/mol. The summed E-state index contributed by atoms with van der Waals surface area (Å²) < 4.78 is 55.3. The first kappa shape index (κ1) is 16.9. The highest BCUT2D eigenvalue weighted by molar-refractivity contribution is 5.84. The molecule has 130 valence electrons. The van der Waals surface area contributed by atoms with E-state index in [4.69, 9.17) is 0 Å². The molecule has 1 amide bonds. The highest BCUT2D eigenvalue weighted by Crippen LogP contribution is 2.27. The van der Waals surface area contributed by atoms with Gasteiger partial charge in [-0.3, -0.25) is 9.78 Å². The van der Waals surface area contributed by atoms with E-state index in [1.165, 1.54) is 21.7 Å². The molecule has 0 saturated carbocycles. The second-order valence-corrected chi connectivity index (χ2v) is 5.74. The Morgan fingerprint density at radius 2 is 1.68 bits per heavy atom. The van der Waals surface area contributed by atoms with E-state index in [-0.39, 0.29) is 34.6 Å². The topological polar surface area (TPSA) is 38.1 Å². The molecule has 0 fully saturated rings. The number of nitrogens with zero attached hydrogens (tertiary/aromatic N) is 3. The van der Waals surface area contributed by atoms with E-state index >= 15 is 0 Å². The number of carbonyl (C=O) groups is 1. The van der Waals surface area contributed by atoms with Crippen molar-refractivity contribution >= 4 is 16.9 Å². The van der Waals surface area contributed by atoms with E-state index in [2.05, 4.69) is 4.98 Å². The average Bonchev–Trinajstić information content (AvgIpc) is 2.87. The fourth-order valence-electron chi connectivity index (χ4n) is 2.42. The number of hydrogen-bond acceptors (Lipinski definition) is 2. The van der Waals surface area contributed by atoms with Crippen LogP contribution in [0.4, 0.5) is 17.6 Å². The quantitative estimate of drug-likeness (QED) is 0.536. The number of likely N-dealkylation sites (N-methyl/N-ethyl adjacent to an activating group) is 1. The number of carbonyl (C=O) groups excluding carboxylic acids is 1. The lowest BCUT2D eigenvalue weighted by molar-refractivity contribution is -0.129. The van der Waals surface area contributed by atoms with Crippen LogP contribution >= 0.6 is 0 Å². The number of amides is 1. The summed E-state index contributed by atoms with van der Waals surface area (Å²) in [5.74, 6) is -5.12. The molecular weight excluding hydrogens is 338 g/mol. The normalized spacial score (nSPS) is 11.1. The van der Waals surface area contributed by atoms with Crippen LogP contribution in [0.2, 0.25) is 0 Å². The zero-order valence-electron chi connectivity index (χ0n) is 13.4. The number of fused-ring (bicyclic) bond motifs is 1. The van der Waals surface area contributed by atoms with Gasteiger partial charge in [-0.25, -0.2) is 17.6 Å². The molecule has 1 aromatic carbocycles. The molecule has 0 saturated heterocycles. The van der Waals surface area contributed by atoms with Crippen LogP contribution in [0.1, 0.15) is 0 Å². The van der Waals surface area contributed by atoms with Crippen LogP contribution in [0.15, 0.2) is 30.6 Å². The molecule has 0 spiro atoms. The lowest BCUT2D eigenvalue weighted by atomic mass is 10.1. The minimum atomic E-state index is -1.57. The van der Waals surface area contributed by atoms with Gasteiger partial charge in [0, 0.05) is 32.1 Å². The summed E-state index contributed by atoms with van der Waals surface area (Å²) in [6.07, 6.45) is 2.37. The summed E-state index contributed by atoms with van der Waals surface area (Å²) in [5.41, 5.74) is 0.633. The van der Waals surface area contributed by atoms with Crippen LogP contribution in [0, 0.1) is 23.3 Å². The molecule has 2 heterocycles. The SMILES string of the molecule is CN(C)C(=O)Cn1cc(F)c2ncc(-c3cc(F)c(F)c(F)c3)cc21. The second-order valence-electron chi connectivity index (χ2n) is 5.74. The highest BCUT2D eigenvalue weighted by Gasteiger charge is 2.16. The lowest BCUT2D eigenvalue weighted by Crippen LogP contribution is -2.25. The van der Waals surface area contributed by atoms with Crippen molar-refractivity contribution in [2.45, 2.75) is 6.54 Å². The number of benzene rings is 1. The van der Waals surface area contributed by atoms with Gasteiger partial charge in [-0.05, 0) is 23.8 Å². The third-order valence-corrected chi connectivity index (χ3v) is 3.79. The summed E-state index contributed by atoms with van der Waals surface area (Å²) in [5, 5.41) is 0. The first-order valence-electron chi connectivity index (χ1n) is 7.27. The molecule has 0 atom stereocenters. The van der Waals surface area contributed by atoms with Gasteiger partial charge in [0.2, 0.25) is 5.91 Å². The Morgan fingerprint density at radius 3 is 2.28 bits per heavy atom. The Morgan fingerprint density at radius 1 is 1.04 bits per heavy atom. The van der Waals surface area contributed by atoms with Gasteiger partial charge < -0.3 is 9.47 Å². The molecule has 3 aromatic rings. The molecular formula is C17H13F4N3O. The van der Waals surface area contributed by atoms with Crippen LogP contribution in [-0.2, 0) is 11.3 Å². The van der Waals surface area contributed by atoms with Crippen molar-refractivity contribution in [3.05, 3.63) is 53.9 Å². The number of hydrogen-bond donors (Lipinski definition) is 0. The maximum atomic E-state index is 14.0. The molecule has 8 heteroatoms. The molecule has 0 aliphatic carbocycles. The summed E-state index contributed by atoms with van der Waals surface area (Å²) in [7, 11) is 3.14. The minimum Gasteiger partial charge on any atom is -0.347 e. The van der Waals surface area contributed by atoms with Gasteiger partial charge in [0.25, 0.3) is 0 Å². The van der Waals surface area contributed by atoms with Gasteiger partial charge in [0.05, 0.1) is 5.52 Å². The molecule has 3 rings (SSSR count). The van der Waals surface area contributed by atoms with Gasteiger partial charge in [-0.2, -0.15) is 0 Å². The van der Waals surface area contributed by atoms with Crippen LogP contribution < -0.4 is 0 Å². The van der Waals surface area contributed by atoms with Crippen molar-refractivity contribution in [2.75, 3.05) is 14.1 Å². The molecule has 0 aliphatic heterocycles. The number of halogens is 4. The van der Waals surface area contributed by atoms with Gasteiger partial charge in [-0.15, -0.1) is 0 Å². The predicted octanol–water partition coefficient (Wildman–Crippen LogP) is 3.35. The van der Waals surface area contributed by atoms with Gasteiger partial charge >= 0.3 is 0 Å². The second kappa shape index (κ2) is 6.19. The van der Waals surface area contributed by atoms with Gasteiger partial charge in [-0.1, -0.05) is 0 Å². The first-order chi connectivity index (χ1) is 11.8. The Hall–Kier alpha value is -2.90. The van der Waals surface area contributed by atoms with Crippen molar-refractivity contribution in [3.8, 4) is 11.1 Å². The molecule has 2 aromatic heterocycles. The van der Waals surface area contributed by atoms with Gasteiger partial charge in [0.15, 0.2) is 23.3 Å². The van der Waals surface area contributed by atoms with Crippen LogP contribution in [0.25, 0.3) is 22.2 Å². The Balaban J connectivity index is 2.12.